The van der Waals surface area contributed by atoms with E-state index in [0.717, 1.165) is 23.7 Å². The molecule has 0 radical (unpaired) electrons. The fraction of sp³-hybridized carbons (Fsp3) is 1.00. The zero-order chi connectivity index (χ0) is 8.72. The molecule has 0 aliphatic heterocycles. The fourth-order valence-corrected chi connectivity index (χ4v) is 3.43. The molecule has 0 spiro atoms. The van der Waals surface area contributed by atoms with Gasteiger partial charge in [-0.25, -0.2) is 0 Å². The fourth-order valence-electron chi connectivity index (χ4n) is 3.43. The van der Waals surface area contributed by atoms with Crippen LogP contribution in [0, 0.1) is 23.7 Å². The van der Waals surface area contributed by atoms with Crippen LogP contribution in [0.5, 0.6) is 0 Å². The van der Waals surface area contributed by atoms with Crippen LogP contribution in [-0.4, -0.2) is 25.5 Å². The largest absolute Gasteiger partial charge is 0.309 e. The minimum absolute atomic E-state index is 1.01. The number of rotatable bonds is 2. The Balaban J connectivity index is 1.98. The van der Waals surface area contributed by atoms with Gasteiger partial charge in [0.25, 0.3) is 0 Å². The number of nitrogens with zero attached hydrogens (tertiary/aromatic N) is 1. The van der Waals surface area contributed by atoms with E-state index in [1.165, 1.54) is 19.4 Å². The first-order chi connectivity index (χ1) is 5.68. The Hall–Kier alpha value is -0.0400. The van der Waals surface area contributed by atoms with Crippen molar-refractivity contribution in [2.45, 2.75) is 26.2 Å². The zero-order valence-corrected chi connectivity index (χ0v) is 8.59. The second-order valence-electron chi connectivity index (χ2n) is 5.12. The summed E-state index contributed by atoms with van der Waals surface area (Å²) in [6, 6.07) is 0. The van der Waals surface area contributed by atoms with Crippen LogP contribution in [-0.2, 0) is 0 Å². The van der Waals surface area contributed by atoms with E-state index in [1.54, 1.807) is 6.42 Å². The van der Waals surface area contributed by atoms with Crippen molar-refractivity contribution in [1.82, 2.24) is 4.90 Å². The molecule has 0 aromatic heterocycles. The molecular formula is C11H21N. The van der Waals surface area contributed by atoms with Gasteiger partial charge in [-0.05, 0) is 57.0 Å². The van der Waals surface area contributed by atoms with E-state index in [9.17, 15) is 0 Å². The highest BCUT2D eigenvalue weighted by molar-refractivity contribution is 4.95. The molecule has 1 heteroatoms. The van der Waals surface area contributed by atoms with Crippen molar-refractivity contribution in [3.63, 3.8) is 0 Å². The maximum Gasteiger partial charge on any atom is 0.000886 e. The summed E-state index contributed by atoms with van der Waals surface area (Å²) in [4.78, 5) is 2.36. The molecule has 2 saturated carbocycles. The van der Waals surface area contributed by atoms with Crippen molar-refractivity contribution in [3.8, 4) is 0 Å². The SMILES string of the molecule is CC1C2CCC(C2)C1CN(C)C. The van der Waals surface area contributed by atoms with Gasteiger partial charge in [-0.2, -0.15) is 0 Å². The molecule has 4 unspecified atom stereocenters. The average Bonchev–Trinajstić information content (AvgIpc) is 2.53. The van der Waals surface area contributed by atoms with Crippen molar-refractivity contribution < 1.29 is 0 Å². The normalized spacial score (nSPS) is 46.0. The molecule has 2 rings (SSSR count). The van der Waals surface area contributed by atoms with Crippen molar-refractivity contribution in [3.05, 3.63) is 0 Å². The first-order valence-corrected chi connectivity index (χ1v) is 5.33. The highest BCUT2D eigenvalue weighted by Gasteiger charge is 2.44. The smallest absolute Gasteiger partial charge is 0.000886 e. The molecule has 2 bridgehead atoms. The maximum absolute atomic E-state index is 2.47. The van der Waals surface area contributed by atoms with Gasteiger partial charge in [0.15, 0.2) is 0 Å². The van der Waals surface area contributed by atoms with E-state index < -0.39 is 0 Å². The van der Waals surface area contributed by atoms with E-state index >= 15 is 0 Å². The van der Waals surface area contributed by atoms with Crippen LogP contribution in [0.3, 0.4) is 0 Å². The molecule has 0 heterocycles. The Labute approximate surface area is 76.1 Å². The first-order valence-electron chi connectivity index (χ1n) is 5.33. The van der Waals surface area contributed by atoms with E-state index in [4.69, 9.17) is 0 Å². The summed E-state index contributed by atoms with van der Waals surface area (Å²) >= 11 is 0. The van der Waals surface area contributed by atoms with Crippen LogP contribution >= 0.6 is 0 Å². The molecule has 70 valence electrons. The minimum atomic E-state index is 1.01. The minimum Gasteiger partial charge on any atom is -0.309 e. The van der Waals surface area contributed by atoms with Crippen molar-refractivity contribution in [1.29, 1.82) is 0 Å². The first kappa shape index (κ1) is 8.55. The molecule has 2 aliphatic rings. The van der Waals surface area contributed by atoms with Crippen LogP contribution in [0.4, 0.5) is 0 Å². The lowest BCUT2D eigenvalue weighted by molar-refractivity contribution is 0.186. The Morgan fingerprint density at radius 1 is 1.17 bits per heavy atom. The lowest BCUT2D eigenvalue weighted by Gasteiger charge is -2.30. The molecule has 0 aromatic rings. The van der Waals surface area contributed by atoms with Gasteiger partial charge in [-0.3, -0.25) is 0 Å². The standard InChI is InChI=1S/C11H21N/c1-8-9-4-5-10(6-9)11(8)7-12(2)3/h8-11H,4-7H2,1-3H3. The predicted molar refractivity (Wildman–Crippen MR) is 52.0 cm³/mol. The van der Waals surface area contributed by atoms with Crippen molar-refractivity contribution in [2.24, 2.45) is 23.7 Å². The zero-order valence-electron chi connectivity index (χ0n) is 8.59. The molecule has 0 amide bonds. The van der Waals surface area contributed by atoms with Crippen LogP contribution in [0.15, 0.2) is 0 Å². The van der Waals surface area contributed by atoms with Gasteiger partial charge in [0, 0.05) is 6.54 Å². The van der Waals surface area contributed by atoms with E-state index in [-0.39, 0.29) is 0 Å². The Morgan fingerprint density at radius 2 is 1.83 bits per heavy atom. The van der Waals surface area contributed by atoms with E-state index in [2.05, 4.69) is 25.9 Å². The summed E-state index contributed by atoms with van der Waals surface area (Å²) in [6.07, 6.45) is 4.59. The number of hydrogen-bond acceptors (Lipinski definition) is 1. The van der Waals surface area contributed by atoms with Gasteiger partial charge in [0.05, 0.1) is 0 Å². The van der Waals surface area contributed by atoms with Crippen LogP contribution < -0.4 is 0 Å². The molecular weight excluding hydrogens is 146 g/mol. The summed E-state index contributed by atoms with van der Waals surface area (Å²) in [5, 5.41) is 0. The van der Waals surface area contributed by atoms with Crippen LogP contribution in [0.2, 0.25) is 0 Å². The van der Waals surface area contributed by atoms with Gasteiger partial charge < -0.3 is 4.90 Å². The lowest BCUT2D eigenvalue weighted by atomic mass is 9.80. The second-order valence-corrected chi connectivity index (χ2v) is 5.12. The van der Waals surface area contributed by atoms with E-state index in [0.29, 0.717) is 0 Å². The van der Waals surface area contributed by atoms with E-state index in [1.807, 2.05) is 0 Å². The third kappa shape index (κ3) is 1.28. The molecule has 2 aliphatic carbocycles. The Morgan fingerprint density at radius 3 is 2.33 bits per heavy atom. The van der Waals surface area contributed by atoms with Crippen molar-refractivity contribution >= 4 is 0 Å². The monoisotopic (exact) mass is 167 g/mol. The highest BCUT2D eigenvalue weighted by Crippen LogP contribution is 2.51. The summed E-state index contributed by atoms with van der Waals surface area (Å²) in [6.45, 7) is 3.79. The Kier molecular flexibility index (Phi) is 2.16. The quantitative estimate of drug-likeness (QED) is 0.609. The average molecular weight is 167 g/mol. The molecule has 0 N–H and O–H groups in total. The molecule has 0 aromatic carbocycles. The third-order valence-electron chi connectivity index (χ3n) is 4.11. The molecule has 2 fully saturated rings. The second kappa shape index (κ2) is 3.02. The predicted octanol–water partition coefficient (Wildman–Crippen LogP) is 2.23. The summed E-state index contributed by atoms with van der Waals surface area (Å²) in [5.41, 5.74) is 0. The molecule has 1 nitrogen and oxygen atoms in total. The molecule has 0 saturated heterocycles. The van der Waals surface area contributed by atoms with Gasteiger partial charge >= 0.3 is 0 Å². The highest BCUT2D eigenvalue weighted by atomic mass is 15.1. The summed E-state index contributed by atoms with van der Waals surface area (Å²) in [5.74, 6) is 4.18. The third-order valence-corrected chi connectivity index (χ3v) is 4.11. The summed E-state index contributed by atoms with van der Waals surface area (Å²) in [7, 11) is 4.41. The number of fused-ring (bicyclic) bond motifs is 2. The lowest BCUT2D eigenvalue weighted by Crippen LogP contribution is -2.30. The maximum atomic E-state index is 2.47. The van der Waals surface area contributed by atoms with Crippen molar-refractivity contribution in [2.75, 3.05) is 20.6 Å². The van der Waals surface area contributed by atoms with Gasteiger partial charge in [-0.15, -0.1) is 0 Å². The molecule has 12 heavy (non-hydrogen) atoms. The van der Waals surface area contributed by atoms with Crippen LogP contribution in [0.1, 0.15) is 26.2 Å². The summed E-state index contributed by atoms with van der Waals surface area (Å²) < 4.78 is 0. The Bertz CT molecular complexity index is 162. The van der Waals surface area contributed by atoms with Gasteiger partial charge in [0.2, 0.25) is 0 Å². The molecule has 4 atom stereocenters. The van der Waals surface area contributed by atoms with Gasteiger partial charge in [-0.1, -0.05) is 6.92 Å². The van der Waals surface area contributed by atoms with Crippen LogP contribution in [0.25, 0.3) is 0 Å². The topological polar surface area (TPSA) is 3.24 Å². The number of hydrogen-bond donors (Lipinski definition) is 0. The van der Waals surface area contributed by atoms with Gasteiger partial charge in [0.1, 0.15) is 0 Å².